The van der Waals surface area contributed by atoms with Crippen LogP contribution in [0.25, 0.3) is 11.4 Å². The van der Waals surface area contributed by atoms with Gasteiger partial charge in [0.25, 0.3) is 0 Å². The fourth-order valence-electron chi connectivity index (χ4n) is 5.13. The standard InChI is InChI=1S/C27H27F3N6O4/c1-26(2)39-15-21(40-26)14-38-20-9-18(10-31-11-20)33-25(37)36-19-6-7-35(13-19)22-12-32-23(34-24(22)36)16-4-3-5-17(8-16)27(28,29)30/h3-5,8-12,19,21H,6-7,13-15H2,1-2H3,(H,33,37)/t19?,21-/m1/s1. The molecule has 210 valence electrons. The number of nitrogens with one attached hydrogen (secondary N) is 1. The summed E-state index contributed by atoms with van der Waals surface area (Å²) in [6, 6.07) is 5.89. The van der Waals surface area contributed by atoms with Crippen molar-refractivity contribution in [2.24, 2.45) is 0 Å². The minimum Gasteiger partial charge on any atom is -0.489 e. The van der Waals surface area contributed by atoms with Crippen LogP contribution in [0.15, 0.2) is 48.9 Å². The molecule has 6 rings (SSSR count). The molecule has 1 N–H and O–H groups in total. The fraction of sp³-hybridized carbons (Fsp3) is 0.407. The zero-order valence-electron chi connectivity index (χ0n) is 21.8. The van der Waals surface area contributed by atoms with Gasteiger partial charge in [-0.1, -0.05) is 12.1 Å². The first kappa shape index (κ1) is 26.3. The van der Waals surface area contributed by atoms with Crippen molar-refractivity contribution in [3.8, 4) is 17.1 Å². The van der Waals surface area contributed by atoms with Gasteiger partial charge < -0.3 is 24.4 Å². The van der Waals surface area contributed by atoms with E-state index in [4.69, 9.17) is 14.2 Å². The maximum atomic E-state index is 13.6. The smallest absolute Gasteiger partial charge is 0.416 e. The number of nitrogens with zero attached hydrogens (tertiary/aromatic N) is 5. The Morgan fingerprint density at radius 1 is 1.23 bits per heavy atom. The number of amides is 2. The predicted molar refractivity (Wildman–Crippen MR) is 139 cm³/mol. The number of carbonyl (C=O) groups is 1. The van der Waals surface area contributed by atoms with Crippen molar-refractivity contribution in [2.75, 3.05) is 41.4 Å². The van der Waals surface area contributed by atoms with Crippen LogP contribution in [-0.4, -0.2) is 65.2 Å². The number of carbonyl (C=O) groups excluding carboxylic acids is 1. The van der Waals surface area contributed by atoms with E-state index in [-0.39, 0.29) is 30.1 Å². The average Bonchev–Trinajstić information content (AvgIpc) is 3.50. The Hall–Kier alpha value is -3.97. The maximum absolute atomic E-state index is 13.6. The van der Waals surface area contributed by atoms with E-state index in [9.17, 15) is 18.0 Å². The second kappa shape index (κ2) is 9.89. The molecule has 3 aliphatic rings. The van der Waals surface area contributed by atoms with Crippen LogP contribution in [0.2, 0.25) is 0 Å². The Kier molecular flexibility index (Phi) is 6.50. The number of urea groups is 1. The molecule has 2 saturated heterocycles. The summed E-state index contributed by atoms with van der Waals surface area (Å²) in [5, 5.41) is 2.87. The van der Waals surface area contributed by atoms with E-state index in [0.717, 1.165) is 12.1 Å². The summed E-state index contributed by atoms with van der Waals surface area (Å²) in [5.74, 6) is 0.234. The van der Waals surface area contributed by atoms with Crippen LogP contribution in [0, 0.1) is 0 Å². The second-order valence-corrected chi connectivity index (χ2v) is 10.3. The number of hydrogen-bond acceptors (Lipinski definition) is 8. The molecule has 2 atom stereocenters. The van der Waals surface area contributed by atoms with Crippen molar-refractivity contribution in [3.05, 3.63) is 54.5 Å². The van der Waals surface area contributed by atoms with E-state index in [0.29, 0.717) is 49.1 Å². The predicted octanol–water partition coefficient (Wildman–Crippen LogP) is 4.72. The van der Waals surface area contributed by atoms with Gasteiger partial charge in [0.2, 0.25) is 0 Å². The summed E-state index contributed by atoms with van der Waals surface area (Å²) in [6.45, 7) is 5.65. The number of alkyl halides is 3. The second-order valence-electron chi connectivity index (χ2n) is 10.3. The summed E-state index contributed by atoms with van der Waals surface area (Å²) in [4.78, 5) is 30.3. The lowest BCUT2D eigenvalue weighted by molar-refractivity contribution is -0.141. The molecule has 2 aromatic heterocycles. The van der Waals surface area contributed by atoms with E-state index in [1.54, 1.807) is 17.2 Å². The zero-order valence-corrected chi connectivity index (χ0v) is 21.8. The van der Waals surface area contributed by atoms with Crippen LogP contribution in [-0.2, 0) is 15.7 Å². The van der Waals surface area contributed by atoms with Crippen molar-refractivity contribution < 1.29 is 32.2 Å². The largest absolute Gasteiger partial charge is 0.489 e. The number of halogens is 3. The molecule has 0 aliphatic carbocycles. The van der Waals surface area contributed by atoms with Gasteiger partial charge in [-0.2, -0.15) is 13.2 Å². The Bertz CT molecular complexity index is 1440. The molecule has 0 radical (unpaired) electrons. The molecule has 2 amide bonds. The molecule has 0 saturated carbocycles. The molecule has 5 heterocycles. The monoisotopic (exact) mass is 556 g/mol. The zero-order chi connectivity index (χ0) is 28.1. The quantitative estimate of drug-likeness (QED) is 0.482. The minimum atomic E-state index is -4.50. The van der Waals surface area contributed by atoms with Crippen molar-refractivity contribution in [2.45, 2.75) is 44.4 Å². The molecule has 3 aliphatic heterocycles. The number of ether oxygens (including phenoxy) is 3. The SMILES string of the molecule is CC1(C)OC[C@@H](COc2cncc(NC(=O)N3c4nc(-c5cccc(C(F)(F)F)c5)ncc4N4CCC3C4)c2)O1. The summed E-state index contributed by atoms with van der Waals surface area (Å²) in [5.41, 5.74) is 0.479. The summed E-state index contributed by atoms with van der Waals surface area (Å²) >= 11 is 0. The first-order valence-electron chi connectivity index (χ1n) is 12.9. The Morgan fingerprint density at radius 2 is 2.08 bits per heavy atom. The highest BCUT2D eigenvalue weighted by Gasteiger charge is 2.41. The molecule has 3 aromatic rings. The maximum Gasteiger partial charge on any atom is 0.416 e. The fourth-order valence-corrected chi connectivity index (χ4v) is 5.13. The van der Waals surface area contributed by atoms with Crippen molar-refractivity contribution in [3.63, 3.8) is 0 Å². The van der Waals surface area contributed by atoms with Gasteiger partial charge in [0.05, 0.1) is 48.2 Å². The highest BCUT2D eigenvalue weighted by molar-refractivity contribution is 6.04. The van der Waals surface area contributed by atoms with Crippen LogP contribution in [0.3, 0.4) is 0 Å². The van der Waals surface area contributed by atoms with E-state index in [1.165, 1.54) is 24.5 Å². The molecule has 13 heteroatoms. The lowest BCUT2D eigenvalue weighted by Gasteiger charge is -2.35. The van der Waals surface area contributed by atoms with Crippen molar-refractivity contribution in [1.29, 1.82) is 0 Å². The van der Waals surface area contributed by atoms with Crippen LogP contribution in [0.5, 0.6) is 5.75 Å². The third kappa shape index (κ3) is 5.26. The molecule has 1 aromatic carbocycles. The van der Waals surface area contributed by atoms with E-state index < -0.39 is 23.6 Å². The summed E-state index contributed by atoms with van der Waals surface area (Å²) in [7, 11) is 0. The van der Waals surface area contributed by atoms with Crippen LogP contribution >= 0.6 is 0 Å². The Labute approximate surface area is 228 Å². The molecule has 10 nitrogen and oxygen atoms in total. The number of pyridine rings is 1. The lowest BCUT2D eigenvalue weighted by Crippen LogP contribution is -2.48. The van der Waals surface area contributed by atoms with Gasteiger partial charge in [-0.3, -0.25) is 9.88 Å². The molecule has 2 fully saturated rings. The Balaban J connectivity index is 1.22. The highest BCUT2D eigenvalue weighted by atomic mass is 19.4. The third-order valence-corrected chi connectivity index (χ3v) is 6.98. The Morgan fingerprint density at radius 3 is 2.85 bits per heavy atom. The summed E-state index contributed by atoms with van der Waals surface area (Å²) in [6.07, 6.45) is 0.588. The average molecular weight is 557 g/mol. The van der Waals surface area contributed by atoms with Gasteiger partial charge in [-0.05, 0) is 32.4 Å². The number of fused-ring (bicyclic) bond motifs is 4. The van der Waals surface area contributed by atoms with E-state index >= 15 is 0 Å². The van der Waals surface area contributed by atoms with E-state index in [2.05, 4.69) is 25.2 Å². The van der Waals surface area contributed by atoms with Crippen LogP contribution < -0.4 is 19.9 Å². The summed E-state index contributed by atoms with van der Waals surface area (Å²) < 4.78 is 57.0. The molecular formula is C27H27F3N6O4. The van der Waals surface area contributed by atoms with Gasteiger partial charge in [0, 0.05) is 24.7 Å². The van der Waals surface area contributed by atoms with Gasteiger partial charge in [-0.15, -0.1) is 0 Å². The van der Waals surface area contributed by atoms with Gasteiger partial charge in [-0.25, -0.2) is 14.8 Å². The third-order valence-electron chi connectivity index (χ3n) is 6.98. The molecule has 40 heavy (non-hydrogen) atoms. The lowest BCUT2D eigenvalue weighted by atomic mass is 10.1. The highest BCUT2D eigenvalue weighted by Crippen LogP contribution is 2.40. The minimum absolute atomic E-state index is 0.100. The van der Waals surface area contributed by atoms with Gasteiger partial charge in [0.1, 0.15) is 18.5 Å². The number of aromatic nitrogens is 3. The van der Waals surface area contributed by atoms with Crippen molar-refractivity contribution in [1.82, 2.24) is 15.0 Å². The topological polar surface area (TPSA) is 102 Å². The first-order valence-corrected chi connectivity index (χ1v) is 12.9. The van der Waals surface area contributed by atoms with Crippen molar-refractivity contribution >= 4 is 23.2 Å². The normalized spacial score (nSPS) is 21.3. The number of anilines is 3. The molecule has 2 bridgehead atoms. The number of benzene rings is 1. The number of rotatable bonds is 5. The molecule has 1 unspecified atom stereocenters. The molecule has 0 spiro atoms. The molecular weight excluding hydrogens is 529 g/mol. The van der Waals surface area contributed by atoms with Crippen LogP contribution in [0.1, 0.15) is 25.8 Å². The van der Waals surface area contributed by atoms with Gasteiger partial charge in [0.15, 0.2) is 17.4 Å². The first-order chi connectivity index (χ1) is 19.1. The number of hydrogen-bond donors (Lipinski definition) is 1. The van der Waals surface area contributed by atoms with Crippen LogP contribution in [0.4, 0.5) is 35.2 Å². The van der Waals surface area contributed by atoms with Gasteiger partial charge >= 0.3 is 12.2 Å². The van der Waals surface area contributed by atoms with E-state index in [1.807, 2.05) is 13.8 Å².